The van der Waals surface area contributed by atoms with Gasteiger partial charge >= 0.3 is 0 Å². The molecular weight excluding hydrogens is 346 g/mol. The SMILES string of the molecule is Cl.Cl.Fc1cc(Cl)cc([C@@H](C2CCCC2)N2CCNCC2)c1. The molecule has 6 heteroatoms. The van der Waals surface area contributed by atoms with Crippen LogP contribution in [0.4, 0.5) is 4.39 Å². The molecule has 1 heterocycles. The maximum Gasteiger partial charge on any atom is 0.125 e. The van der Waals surface area contributed by atoms with Crippen molar-refractivity contribution in [2.75, 3.05) is 26.2 Å². The molecule has 2 fully saturated rings. The van der Waals surface area contributed by atoms with E-state index >= 15 is 0 Å². The molecule has 0 unspecified atom stereocenters. The number of rotatable bonds is 3. The summed E-state index contributed by atoms with van der Waals surface area (Å²) in [6.07, 6.45) is 5.11. The molecule has 1 N–H and O–H groups in total. The number of hydrogen-bond acceptors (Lipinski definition) is 2. The Labute approximate surface area is 149 Å². The van der Waals surface area contributed by atoms with E-state index in [0.717, 1.165) is 31.7 Å². The Kier molecular flexibility index (Phi) is 8.44. The van der Waals surface area contributed by atoms with Crippen LogP contribution >= 0.6 is 36.4 Å². The van der Waals surface area contributed by atoms with Gasteiger partial charge in [-0.1, -0.05) is 24.4 Å². The molecule has 3 rings (SSSR count). The second kappa shape index (κ2) is 9.29. The zero-order valence-corrected chi connectivity index (χ0v) is 15.0. The maximum atomic E-state index is 13.7. The van der Waals surface area contributed by atoms with Crippen molar-refractivity contribution in [3.63, 3.8) is 0 Å². The fourth-order valence-corrected chi connectivity index (χ4v) is 3.99. The molecule has 126 valence electrons. The Hall–Kier alpha value is -0.0600. The molecule has 1 aromatic rings. The number of piperazine rings is 1. The predicted octanol–water partition coefficient (Wildman–Crippen LogP) is 4.46. The number of nitrogens with zero attached hydrogens (tertiary/aromatic N) is 1. The lowest BCUT2D eigenvalue weighted by atomic mass is 9.89. The molecule has 1 saturated carbocycles. The second-order valence-corrected chi connectivity index (χ2v) is 6.41. The Bertz CT molecular complexity index is 440. The van der Waals surface area contributed by atoms with Crippen molar-refractivity contribution >= 4 is 36.4 Å². The van der Waals surface area contributed by atoms with Crippen molar-refractivity contribution < 1.29 is 4.39 Å². The third kappa shape index (κ3) is 4.72. The molecule has 0 radical (unpaired) electrons. The standard InChI is InChI=1S/C16H22ClFN2.2ClH/c17-14-9-13(10-15(18)11-14)16(12-3-1-2-4-12)20-7-5-19-6-8-20;;/h9-12,16,19H,1-8H2;2*1H/t16-;;/m1../s1. The number of benzene rings is 1. The largest absolute Gasteiger partial charge is 0.314 e. The first kappa shape index (κ1) is 20.0. The van der Waals surface area contributed by atoms with Gasteiger partial charge in [0.15, 0.2) is 0 Å². The van der Waals surface area contributed by atoms with Gasteiger partial charge in [-0.05, 0) is 42.5 Å². The maximum absolute atomic E-state index is 13.7. The zero-order chi connectivity index (χ0) is 13.9. The Morgan fingerprint density at radius 1 is 1.09 bits per heavy atom. The summed E-state index contributed by atoms with van der Waals surface area (Å²) in [7, 11) is 0. The van der Waals surface area contributed by atoms with Gasteiger partial charge in [0.1, 0.15) is 5.82 Å². The molecular formula is C16H24Cl3FN2. The molecule has 2 aliphatic rings. The quantitative estimate of drug-likeness (QED) is 0.846. The highest BCUT2D eigenvalue weighted by molar-refractivity contribution is 6.30. The van der Waals surface area contributed by atoms with Gasteiger partial charge < -0.3 is 5.32 Å². The van der Waals surface area contributed by atoms with Gasteiger partial charge in [0.25, 0.3) is 0 Å². The van der Waals surface area contributed by atoms with E-state index in [1.54, 1.807) is 6.07 Å². The third-order valence-electron chi connectivity index (χ3n) is 4.62. The van der Waals surface area contributed by atoms with Crippen molar-refractivity contribution in [3.8, 4) is 0 Å². The third-order valence-corrected chi connectivity index (χ3v) is 4.84. The normalized spacial score (nSPS) is 21.0. The second-order valence-electron chi connectivity index (χ2n) is 5.98. The van der Waals surface area contributed by atoms with Crippen LogP contribution in [0.15, 0.2) is 18.2 Å². The van der Waals surface area contributed by atoms with Gasteiger partial charge in [0, 0.05) is 37.2 Å². The lowest BCUT2D eigenvalue weighted by Crippen LogP contribution is -2.46. The van der Waals surface area contributed by atoms with Crippen LogP contribution in [0, 0.1) is 11.7 Å². The lowest BCUT2D eigenvalue weighted by molar-refractivity contribution is 0.125. The van der Waals surface area contributed by atoms with Gasteiger partial charge in [-0.3, -0.25) is 4.90 Å². The van der Waals surface area contributed by atoms with Gasteiger partial charge in [-0.2, -0.15) is 0 Å². The van der Waals surface area contributed by atoms with E-state index in [1.165, 1.54) is 31.7 Å². The predicted molar refractivity (Wildman–Crippen MR) is 95.0 cm³/mol. The lowest BCUT2D eigenvalue weighted by Gasteiger charge is -2.38. The van der Waals surface area contributed by atoms with Gasteiger partial charge in [-0.25, -0.2) is 4.39 Å². The molecule has 1 atom stereocenters. The Morgan fingerprint density at radius 2 is 1.73 bits per heavy atom. The van der Waals surface area contributed by atoms with E-state index in [1.807, 2.05) is 6.07 Å². The van der Waals surface area contributed by atoms with Crippen molar-refractivity contribution in [2.24, 2.45) is 5.92 Å². The average Bonchev–Trinajstić information content (AvgIpc) is 2.93. The highest BCUT2D eigenvalue weighted by atomic mass is 35.5. The van der Waals surface area contributed by atoms with Gasteiger partial charge in [0.2, 0.25) is 0 Å². The molecule has 2 nitrogen and oxygen atoms in total. The zero-order valence-electron chi connectivity index (χ0n) is 12.6. The monoisotopic (exact) mass is 368 g/mol. The van der Waals surface area contributed by atoms with Crippen LogP contribution in [0.2, 0.25) is 5.02 Å². The van der Waals surface area contributed by atoms with Crippen LogP contribution in [0.5, 0.6) is 0 Å². The van der Waals surface area contributed by atoms with E-state index in [4.69, 9.17) is 11.6 Å². The molecule has 0 amide bonds. The van der Waals surface area contributed by atoms with E-state index in [0.29, 0.717) is 17.0 Å². The highest BCUT2D eigenvalue weighted by Crippen LogP contribution is 2.40. The van der Waals surface area contributed by atoms with Crippen LogP contribution < -0.4 is 5.32 Å². The summed E-state index contributed by atoms with van der Waals surface area (Å²) in [6, 6.07) is 5.36. The van der Waals surface area contributed by atoms with Crippen LogP contribution in [-0.2, 0) is 0 Å². The minimum atomic E-state index is -0.217. The average molecular weight is 370 g/mol. The molecule has 0 aromatic heterocycles. The van der Waals surface area contributed by atoms with E-state index in [2.05, 4.69) is 10.2 Å². The number of halogens is 4. The smallest absolute Gasteiger partial charge is 0.125 e. The topological polar surface area (TPSA) is 15.3 Å². The minimum Gasteiger partial charge on any atom is -0.314 e. The molecule has 22 heavy (non-hydrogen) atoms. The summed E-state index contributed by atoms with van der Waals surface area (Å²) in [5.41, 5.74) is 1.06. The fraction of sp³-hybridized carbons (Fsp3) is 0.625. The van der Waals surface area contributed by atoms with Crippen LogP contribution in [-0.4, -0.2) is 31.1 Å². The van der Waals surface area contributed by atoms with Crippen LogP contribution in [0.1, 0.15) is 37.3 Å². The van der Waals surface area contributed by atoms with Crippen molar-refractivity contribution in [2.45, 2.75) is 31.7 Å². The summed E-state index contributed by atoms with van der Waals surface area (Å²) < 4.78 is 13.7. The Balaban J connectivity index is 0.00000121. The fourth-order valence-electron chi connectivity index (χ4n) is 3.76. The number of hydrogen-bond donors (Lipinski definition) is 1. The van der Waals surface area contributed by atoms with Gasteiger partial charge in [0.05, 0.1) is 0 Å². The molecule has 1 aliphatic heterocycles. The van der Waals surface area contributed by atoms with Crippen LogP contribution in [0.25, 0.3) is 0 Å². The molecule has 0 bridgehead atoms. The first-order valence-electron chi connectivity index (χ1n) is 7.65. The van der Waals surface area contributed by atoms with Gasteiger partial charge in [-0.15, -0.1) is 24.8 Å². The molecule has 1 aromatic carbocycles. The van der Waals surface area contributed by atoms with E-state index in [9.17, 15) is 4.39 Å². The summed E-state index contributed by atoms with van der Waals surface area (Å²) in [5, 5.41) is 3.90. The molecule has 1 aliphatic carbocycles. The first-order chi connectivity index (χ1) is 9.74. The summed E-state index contributed by atoms with van der Waals surface area (Å²) in [6.45, 7) is 4.11. The van der Waals surface area contributed by atoms with Crippen molar-refractivity contribution in [1.82, 2.24) is 10.2 Å². The van der Waals surface area contributed by atoms with E-state index in [-0.39, 0.29) is 30.6 Å². The summed E-state index contributed by atoms with van der Waals surface area (Å²) >= 11 is 6.07. The summed E-state index contributed by atoms with van der Waals surface area (Å²) in [4.78, 5) is 2.51. The first-order valence-corrected chi connectivity index (χ1v) is 8.02. The number of nitrogens with one attached hydrogen (secondary N) is 1. The van der Waals surface area contributed by atoms with Crippen LogP contribution in [0.3, 0.4) is 0 Å². The Morgan fingerprint density at radius 3 is 2.32 bits per heavy atom. The molecule has 1 saturated heterocycles. The summed E-state index contributed by atoms with van der Waals surface area (Å²) in [5.74, 6) is 0.427. The van der Waals surface area contributed by atoms with E-state index < -0.39 is 0 Å². The van der Waals surface area contributed by atoms with Crippen molar-refractivity contribution in [1.29, 1.82) is 0 Å². The molecule has 0 spiro atoms. The minimum absolute atomic E-state index is 0. The highest BCUT2D eigenvalue weighted by Gasteiger charge is 2.32. The van der Waals surface area contributed by atoms with Crippen molar-refractivity contribution in [3.05, 3.63) is 34.6 Å².